The lowest BCUT2D eigenvalue weighted by Gasteiger charge is -2.26. The van der Waals surface area contributed by atoms with E-state index in [1.165, 1.54) is 25.7 Å². The highest BCUT2D eigenvalue weighted by Gasteiger charge is 2.15. The number of rotatable bonds is 16. The van der Waals surface area contributed by atoms with E-state index in [1.807, 2.05) is 13.1 Å². The molecule has 2 rings (SSSR count). The first kappa shape index (κ1) is 33.3. The van der Waals surface area contributed by atoms with Gasteiger partial charge in [0, 0.05) is 42.5 Å². The van der Waals surface area contributed by atoms with Crippen molar-refractivity contribution >= 4 is 30.7 Å². The van der Waals surface area contributed by atoms with Crippen LogP contribution >= 0.6 is 0 Å². The minimum Gasteiger partial charge on any atom is -0.379 e. The number of hydrogen-bond donors (Lipinski definition) is 4. The summed E-state index contributed by atoms with van der Waals surface area (Å²) in [6, 6.07) is 5.80. The van der Waals surface area contributed by atoms with Crippen molar-refractivity contribution in [3.05, 3.63) is 29.3 Å². The number of nitrogens with zero attached hydrogens (tertiary/aromatic N) is 1. The maximum absolute atomic E-state index is 12.2. The van der Waals surface area contributed by atoms with E-state index in [0.29, 0.717) is 63.0 Å². The molecule has 0 saturated heterocycles. The molecule has 1 saturated carbocycles. The third-order valence-corrected chi connectivity index (χ3v) is 5.59. The molecule has 1 unspecified atom stereocenters. The number of carbonyl (C=O) groups is 4. The Bertz CT molecular complexity index is 733. The van der Waals surface area contributed by atoms with Crippen LogP contribution in [0, 0.1) is 0 Å². The second-order valence-corrected chi connectivity index (χ2v) is 8.49. The molecule has 204 valence electrons. The summed E-state index contributed by atoms with van der Waals surface area (Å²) in [6.07, 6.45) is 9.65. The second kappa shape index (κ2) is 22.8. The Balaban J connectivity index is 0.00000114. The topological polar surface area (TPSA) is 143 Å². The molecule has 0 heterocycles. The van der Waals surface area contributed by atoms with Gasteiger partial charge in [-0.25, -0.2) is 0 Å². The number of imide groups is 1. The van der Waals surface area contributed by atoms with Crippen LogP contribution in [-0.4, -0.2) is 75.9 Å². The lowest BCUT2D eigenvalue weighted by molar-refractivity contribution is -0.117. The van der Waals surface area contributed by atoms with E-state index in [1.54, 1.807) is 17.4 Å². The molecule has 0 spiro atoms. The van der Waals surface area contributed by atoms with Crippen LogP contribution in [0.3, 0.4) is 0 Å². The van der Waals surface area contributed by atoms with Crippen LogP contribution in [0.2, 0.25) is 0 Å². The van der Waals surface area contributed by atoms with E-state index in [2.05, 4.69) is 29.4 Å². The van der Waals surface area contributed by atoms with Gasteiger partial charge in [0.2, 0.25) is 18.7 Å². The van der Waals surface area contributed by atoms with Crippen LogP contribution in [0.4, 0.5) is 5.69 Å². The summed E-state index contributed by atoms with van der Waals surface area (Å²) in [5.74, 6) is -0.151. The van der Waals surface area contributed by atoms with Gasteiger partial charge in [-0.05, 0) is 26.5 Å². The quantitative estimate of drug-likeness (QED) is 0.197. The number of benzene rings is 1. The van der Waals surface area contributed by atoms with Gasteiger partial charge in [0.15, 0.2) is 0 Å². The number of aldehydes is 1. The number of carbonyl (C=O) groups excluding carboxylic acids is 4. The van der Waals surface area contributed by atoms with Gasteiger partial charge in [-0.15, -0.1) is 0 Å². The van der Waals surface area contributed by atoms with Crippen LogP contribution in [-0.2, 0) is 25.7 Å². The number of hydrogen-bond acceptors (Lipinski definition) is 8. The minimum atomic E-state index is -0.151. The predicted molar refractivity (Wildman–Crippen MR) is 143 cm³/mol. The second-order valence-electron chi connectivity index (χ2n) is 8.49. The Morgan fingerprint density at radius 1 is 1.14 bits per heavy atom. The fourth-order valence-corrected chi connectivity index (χ4v) is 3.06. The minimum absolute atomic E-state index is 0.151. The molecule has 0 bridgehead atoms. The number of anilines is 1. The fraction of sp³-hybridized carbons (Fsp3) is 0.615. The zero-order valence-electron chi connectivity index (χ0n) is 22.1. The molecule has 0 aliphatic heterocycles. The Hall–Kier alpha value is -2.66. The molecule has 10 heteroatoms. The molecule has 36 heavy (non-hydrogen) atoms. The number of ether oxygens (including phenoxy) is 1. The van der Waals surface area contributed by atoms with Crippen LogP contribution in [0.5, 0.6) is 0 Å². The van der Waals surface area contributed by atoms with Crippen molar-refractivity contribution in [1.29, 1.82) is 0 Å². The summed E-state index contributed by atoms with van der Waals surface area (Å²) in [7, 11) is 2.04. The van der Waals surface area contributed by atoms with Gasteiger partial charge in [-0.1, -0.05) is 51.2 Å². The van der Waals surface area contributed by atoms with Crippen LogP contribution < -0.4 is 21.7 Å². The first-order valence-electron chi connectivity index (χ1n) is 12.6. The van der Waals surface area contributed by atoms with Gasteiger partial charge < -0.3 is 26.4 Å². The molecule has 1 aliphatic carbocycles. The molecule has 1 atom stereocenters. The Kier molecular flexibility index (Phi) is 21.1. The van der Waals surface area contributed by atoms with Gasteiger partial charge in [0.05, 0.1) is 19.8 Å². The third kappa shape index (κ3) is 16.1. The predicted octanol–water partition coefficient (Wildman–Crippen LogP) is 2.07. The monoisotopic (exact) mass is 507 g/mol. The van der Waals surface area contributed by atoms with E-state index < -0.39 is 0 Å². The van der Waals surface area contributed by atoms with E-state index in [-0.39, 0.29) is 12.5 Å². The van der Waals surface area contributed by atoms with Crippen molar-refractivity contribution in [2.75, 3.05) is 45.2 Å². The zero-order chi connectivity index (χ0) is 27.0. The highest BCUT2D eigenvalue weighted by molar-refractivity contribution is 5.94. The zero-order valence-corrected chi connectivity index (χ0v) is 22.1. The smallest absolute Gasteiger partial charge is 0.238 e. The molecule has 0 aromatic heterocycles. The Morgan fingerprint density at radius 3 is 2.31 bits per heavy atom. The lowest BCUT2D eigenvalue weighted by Crippen LogP contribution is -2.32. The fourth-order valence-electron chi connectivity index (χ4n) is 3.06. The summed E-state index contributed by atoms with van der Waals surface area (Å²) >= 11 is 0. The largest absolute Gasteiger partial charge is 0.379 e. The lowest BCUT2D eigenvalue weighted by atomic mass is 10.0. The summed E-state index contributed by atoms with van der Waals surface area (Å²) < 4.78 is 5.25. The molecule has 5 N–H and O–H groups in total. The van der Waals surface area contributed by atoms with E-state index >= 15 is 0 Å². The number of nitrogens with one attached hydrogen (secondary N) is 3. The molecule has 0 radical (unpaired) electrons. The van der Waals surface area contributed by atoms with E-state index in [9.17, 15) is 9.59 Å². The average Bonchev–Trinajstić information content (AvgIpc) is 2.82. The van der Waals surface area contributed by atoms with Crippen LogP contribution in [0.1, 0.15) is 68.3 Å². The van der Waals surface area contributed by atoms with Gasteiger partial charge in [0.25, 0.3) is 0 Å². The summed E-state index contributed by atoms with van der Waals surface area (Å²) in [5, 5.41) is 7.70. The van der Waals surface area contributed by atoms with Crippen molar-refractivity contribution in [2.45, 2.75) is 65.0 Å². The van der Waals surface area contributed by atoms with Crippen molar-refractivity contribution in [2.24, 2.45) is 5.73 Å². The molecular formula is C26H45N5O5. The number of nitrogens with two attached hydrogens (primary N) is 1. The first-order chi connectivity index (χ1) is 17.4. The van der Waals surface area contributed by atoms with E-state index in [0.717, 1.165) is 24.7 Å². The Labute approximate surface area is 215 Å². The van der Waals surface area contributed by atoms with Crippen LogP contribution in [0.15, 0.2) is 18.2 Å². The van der Waals surface area contributed by atoms with Gasteiger partial charge >= 0.3 is 0 Å². The third-order valence-electron chi connectivity index (χ3n) is 5.59. The maximum Gasteiger partial charge on any atom is 0.238 e. The molecule has 1 aliphatic rings. The van der Waals surface area contributed by atoms with Crippen molar-refractivity contribution < 1.29 is 23.9 Å². The molecule has 1 aromatic rings. The van der Waals surface area contributed by atoms with E-state index in [4.69, 9.17) is 20.1 Å². The highest BCUT2D eigenvalue weighted by atomic mass is 16.5. The summed E-state index contributed by atoms with van der Waals surface area (Å²) in [4.78, 5) is 44.0. The Morgan fingerprint density at radius 2 is 1.81 bits per heavy atom. The number of amides is 3. The molecular weight excluding hydrogens is 462 g/mol. The molecule has 1 fully saturated rings. The SMILES string of the molecule is C1CCC1.CCCC(C)N(C)Cc1c(C=O)cccc1NC(=O)CNCCOCCN.O=CNC=O. The van der Waals surface area contributed by atoms with Gasteiger partial charge in [0.1, 0.15) is 6.29 Å². The standard InChI is InChI=1S/C20H34N4O3.C4H8.C2H3NO2/c1-4-6-16(2)24(3)14-18-17(15-25)7-5-8-19(18)23-20(26)13-22-10-12-27-11-9-21;1-2-4-3-1;4-1-3-2-5/h5,7-8,15-16,22H,4,6,9-14,21H2,1-3H3,(H,23,26);1-4H2;1-2H,(H,3,4,5). The highest BCUT2D eigenvalue weighted by Crippen LogP contribution is 2.22. The van der Waals surface area contributed by atoms with Crippen molar-refractivity contribution in [3.8, 4) is 0 Å². The summed E-state index contributed by atoms with van der Waals surface area (Å²) in [5.41, 5.74) is 7.48. The van der Waals surface area contributed by atoms with Gasteiger partial charge in [-0.3, -0.25) is 24.1 Å². The van der Waals surface area contributed by atoms with Crippen molar-refractivity contribution in [1.82, 2.24) is 15.5 Å². The average molecular weight is 508 g/mol. The molecule has 3 amide bonds. The van der Waals surface area contributed by atoms with Crippen LogP contribution in [0.25, 0.3) is 0 Å². The molecule has 10 nitrogen and oxygen atoms in total. The normalized spacial score (nSPS) is 12.6. The van der Waals surface area contributed by atoms with Gasteiger partial charge in [-0.2, -0.15) is 0 Å². The maximum atomic E-state index is 12.2. The summed E-state index contributed by atoms with van der Waals surface area (Å²) in [6.45, 7) is 7.19. The first-order valence-corrected chi connectivity index (χ1v) is 12.6. The molecule has 1 aromatic carbocycles. The van der Waals surface area contributed by atoms with Crippen molar-refractivity contribution in [3.63, 3.8) is 0 Å².